The van der Waals surface area contributed by atoms with E-state index in [2.05, 4.69) is 37.3 Å². The molecule has 1 aliphatic heterocycles. The van der Waals surface area contributed by atoms with Crippen LogP contribution in [0.15, 0.2) is 46.1 Å². The fourth-order valence-corrected chi connectivity index (χ4v) is 0.859. The molecule has 2 heteroatoms. The molecule has 0 radical (unpaired) electrons. The minimum absolute atomic E-state index is 0.524. The van der Waals surface area contributed by atoms with Crippen LogP contribution in [0.1, 0.15) is 20.8 Å². The van der Waals surface area contributed by atoms with Crippen LogP contribution in [-0.4, -0.2) is 12.1 Å². The molecule has 0 saturated carbocycles. The zero-order valence-electron chi connectivity index (χ0n) is 8.99. The third kappa shape index (κ3) is 2.80. The molecular formula is C12H16N2. The lowest BCUT2D eigenvalue weighted by Gasteiger charge is -2.04. The molecule has 0 aromatic carbocycles. The number of hydrogen-bond acceptors (Lipinski definition) is 1. The monoisotopic (exact) mass is 188 g/mol. The van der Waals surface area contributed by atoms with Gasteiger partial charge in [0.05, 0.1) is 0 Å². The highest BCUT2D eigenvalue weighted by Crippen LogP contribution is 2.09. The van der Waals surface area contributed by atoms with E-state index in [1.165, 1.54) is 5.57 Å². The summed E-state index contributed by atoms with van der Waals surface area (Å²) in [6.45, 7) is 10.2. The zero-order valence-corrected chi connectivity index (χ0v) is 8.99. The smallest absolute Gasteiger partial charge is 0.158 e. The Morgan fingerprint density at radius 2 is 2.29 bits per heavy atom. The summed E-state index contributed by atoms with van der Waals surface area (Å²) in [6.07, 6.45) is 7.36. The average molecular weight is 188 g/mol. The number of allylic oxidation sites excluding steroid dienone is 2. The van der Waals surface area contributed by atoms with Crippen LogP contribution in [-0.2, 0) is 0 Å². The van der Waals surface area contributed by atoms with E-state index in [0.717, 1.165) is 5.57 Å². The van der Waals surface area contributed by atoms with Gasteiger partial charge in [0.2, 0.25) is 0 Å². The first kappa shape index (κ1) is 10.6. The minimum atomic E-state index is 0.524. The molecule has 1 aliphatic rings. The summed E-state index contributed by atoms with van der Waals surface area (Å²) >= 11 is 0. The quantitative estimate of drug-likeness (QED) is 0.636. The van der Waals surface area contributed by atoms with Gasteiger partial charge in [0.15, 0.2) is 5.84 Å². The van der Waals surface area contributed by atoms with Crippen LogP contribution < -0.4 is 0 Å². The fourth-order valence-electron chi connectivity index (χ4n) is 0.859. The molecule has 0 N–H and O–H groups in total. The van der Waals surface area contributed by atoms with Gasteiger partial charge in [-0.3, -0.25) is 0 Å². The third-order valence-corrected chi connectivity index (χ3v) is 2.17. The van der Waals surface area contributed by atoms with Gasteiger partial charge in [-0.05, 0) is 18.9 Å². The Hall–Kier alpha value is -1.44. The summed E-state index contributed by atoms with van der Waals surface area (Å²) in [5, 5.41) is 0. The molecule has 0 unspecified atom stereocenters. The Morgan fingerprint density at radius 1 is 1.57 bits per heavy atom. The van der Waals surface area contributed by atoms with Crippen molar-refractivity contribution < 1.29 is 0 Å². The first-order valence-corrected chi connectivity index (χ1v) is 4.75. The Morgan fingerprint density at radius 3 is 2.86 bits per heavy atom. The highest BCUT2D eigenvalue weighted by molar-refractivity contribution is 6.08. The van der Waals surface area contributed by atoms with E-state index in [1.807, 2.05) is 18.4 Å². The highest BCUT2D eigenvalue weighted by Gasteiger charge is 2.01. The molecule has 2 nitrogen and oxygen atoms in total. The van der Waals surface area contributed by atoms with Crippen LogP contribution in [0, 0.1) is 5.92 Å². The van der Waals surface area contributed by atoms with Crippen molar-refractivity contribution in [2.45, 2.75) is 20.8 Å². The predicted molar refractivity (Wildman–Crippen MR) is 62.8 cm³/mol. The Kier molecular flexibility index (Phi) is 3.57. The molecule has 0 bridgehead atoms. The molecule has 0 spiro atoms. The molecule has 1 rings (SSSR count). The van der Waals surface area contributed by atoms with Crippen molar-refractivity contribution >= 4 is 12.1 Å². The van der Waals surface area contributed by atoms with Crippen molar-refractivity contribution in [1.29, 1.82) is 0 Å². The topological polar surface area (TPSA) is 24.7 Å². The van der Waals surface area contributed by atoms with Crippen LogP contribution >= 0.6 is 0 Å². The van der Waals surface area contributed by atoms with Crippen LogP contribution in [0.5, 0.6) is 0 Å². The van der Waals surface area contributed by atoms with Crippen molar-refractivity contribution in [1.82, 2.24) is 0 Å². The maximum Gasteiger partial charge on any atom is 0.158 e. The van der Waals surface area contributed by atoms with Gasteiger partial charge >= 0.3 is 0 Å². The number of nitrogens with zero attached hydrogens (tertiary/aromatic N) is 2. The van der Waals surface area contributed by atoms with Gasteiger partial charge < -0.3 is 0 Å². The number of hydrogen-bond donors (Lipinski definition) is 0. The lowest BCUT2D eigenvalue weighted by atomic mass is 10.1. The standard InChI is InChI=1S/C12H16N2/c1-9(2)11(4)8-14-12-10(3)6-5-7-13-12/h5-9H,3H2,1-2,4H3/b11-8+,14-12?. The molecule has 0 atom stereocenters. The second kappa shape index (κ2) is 4.70. The number of aliphatic imine (C=N–C) groups is 2. The number of rotatable bonds is 2. The molecule has 0 aromatic rings. The van der Waals surface area contributed by atoms with Gasteiger partial charge in [-0.1, -0.05) is 32.1 Å². The van der Waals surface area contributed by atoms with Crippen molar-refractivity contribution in [2.24, 2.45) is 15.9 Å². The SMILES string of the molecule is C=C1C=CC=NC1=N/C=C(\C)C(C)C. The highest BCUT2D eigenvalue weighted by atomic mass is 14.9. The summed E-state index contributed by atoms with van der Waals surface area (Å²) in [5.41, 5.74) is 2.11. The summed E-state index contributed by atoms with van der Waals surface area (Å²) in [4.78, 5) is 8.43. The molecule has 14 heavy (non-hydrogen) atoms. The summed E-state index contributed by atoms with van der Waals surface area (Å²) in [7, 11) is 0. The first-order chi connectivity index (χ1) is 6.61. The van der Waals surface area contributed by atoms with Crippen molar-refractivity contribution in [3.8, 4) is 0 Å². The minimum Gasteiger partial charge on any atom is -0.237 e. The van der Waals surface area contributed by atoms with Crippen molar-refractivity contribution in [3.05, 3.63) is 36.1 Å². The normalized spacial score (nSPS) is 19.9. The summed E-state index contributed by atoms with van der Waals surface area (Å²) in [6, 6.07) is 0. The summed E-state index contributed by atoms with van der Waals surface area (Å²) in [5.74, 6) is 1.23. The van der Waals surface area contributed by atoms with Crippen molar-refractivity contribution in [3.63, 3.8) is 0 Å². The van der Waals surface area contributed by atoms with Gasteiger partial charge in [0.25, 0.3) is 0 Å². The maximum atomic E-state index is 4.29. The van der Waals surface area contributed by atoms with E-state index < -0.39 is 0 Å². The van der Waals surface area contributed by atoms with E-state index in [0.29, 0.717) is 11.8 Å². The molecule has 0 amide bonds. The lowest BCUT2D eigenvalue weighted by molar-refractivity contribution is 0.766. The van der Waals surface area contributed by atoms with E-state index in [1.54, 1.807) is 6.21 Å². The van der Waals surface area contributed by atoms with Gasteiger partial charge in [0, 0.05) is 18.0 Å². The maximum absolute atomic E-state index is 4.29. The van der Waals surface area contributed by atoms with Gasteiger partial charge in [-0.25, -0.2) is 9.98 Å². The van der Waals surface area contributed by atoms with E-state index in [4.69, 9.17) is 0 Å². The molecule has 74 valence electrons. The largest absolute Gasteiger partial charge is 0.237 e. The van der Waals surface area contributed by atoms with Crippen LogP contribution in [0.3, 0.4) is 0 Å². The van der Waals surface area contributed by atoms with Crippen LogP contribution in [0.4, 0.5) is 0 Å². The molecule has 0 aromatic heterocycles. The fraction of sp³-hybridized carbons (Fsp3) is 0.333. The van der Waals surface area contributed by atoms with E-state index in [-0.39, 0.29) is 0 Å². The molecule has 0 saturated heterocycles. The number of amidine groups is 1. The molecular weight excluding hydrogens is 172 g/mol. The van der Waals surface area contributed by atoms with Gasteiger partial charge in [-0.15, -0.1) is 0 Å². The third-order valence-electron chi connectivity index (χ3n) is 2.17. The van der Waals surface area contributed by atoms with Gasteiger partial charge in [-0.2, -0.15) is 0 Å². The molecule has 1 heterocycles. The molecule has 0 aliphatic carbocycles. The molecule has 0 fully saturated rings. The van der Waals surface area contributed by atoms with E-state index >= 15 is 0 Å². The zero-order chi connectivity index (χ0) is 10.6. The first-order valence-electron chi connectivity index (χ1n) is 4.75. The summed E-state index contributed by atoms with van der Waals surface area (Å²) < 4.78 is 0. The predicted octanol–water partition coefficient (Wildman–Crippen LogP) is 3.14. The Labute approximate surface area is 85.5 Å². The van der Waals surface area contributed by atoms with E-state index in [9.17, 15) is 0 Å². The van der Waals surface area contributed by atoms with Crippen LogP contribution in [0.2, 0.25) is 0 Å². The average Bonchev–Trinajstić information content (AvgIpc) is 2.16. The van der Waals surface area contributed by atoms with Crippen molar-refractivity contribution in [2.75, 3.05) is 0 Å². The number of dihydropyridines is 1. The second-order valence-electron chi connectivity index (χ2n) is 3.64. The Balaban J connectivity index is 2.79. The second-order valence-corrected chi connectivity index (χ2v) is 3.64. The van der Waals surface area contributed by atoms with Gasteiger partial charge in [0.1, 0.15) is 0 Å². The lowest BCUT2D eigenvalue weighted by Crippen LogP contribution is -1.99. The van der Waals surface area contributed by atoms with Crippen LogP contribution in [0.25, 0.3) is 0 Å². The Bertz CT molecular complexity index is 341.